The maximum Gasteiger partial charge on any atom is 0.281 e. The highest BCUT2D eigenvalue weighted by Gasteiger charge is 2.29. The lowest BCUT2D eigenvalue weighted by Crippen LogP contribution is -2.35. The molecule has 0 spiro atoms. The molecule has 1 atom stereocenters. The summed E-state index contributed by atoms with van der Waals surface area (Å²) >= 11 is 0. The molecule has 0 amide bonds. The van der Waals surface area contributed by atoms with E-state index < -0.39 is 12.2 Å². The molecular formula is C28H29F3N8O3. The van der Waals surface area contributed by atoms with E-state index >= 15 is 0 Å². The number of H-pyrrole nitrogens is 1. The molecule has 0 saturated carbocycles. The molecule has 1 aliphatic rings. The molecule has 2 N–H and O–H groups in total. The molecule has 1 fully saturated rings. The third-order valence-electron chi connectivity index (χ3n) is 7.49. The van der Waals surface area contributed by atoms with Crippen LogP contribution >= 0.6 is 0 Å². The SMILES string of the molecule is COc1ccc(CNc2nc3cc(OC)c(F)cc3c3nc([C@@H]4CCCN(c5cn[nH]c5C(F)F)C4)nn23)c(OC)c1. The minimum absolute atomic E-state index is 0.0553. The van der Waals surface area contributed by atoms with Crippen molar-refractivity contribution in [2.45, 2.75) is 31.7 Å². The van der Waals surface area contributed by atoms with Crippen molar-refractivity contribution in [2.75, 3.05) is 44.6 Å². The van der Waals surface area contributed by atoms with Crippen molar-refractivity contribution in [1.82, 2.24) is 29.8 Å². The minimum Gasteiger partial charge on any atom is -0.497 e. The topological polar surface area (TPSA) is 115 Å². The van der Waals surface area contributed by atoms with Crippen molar-refractivity contribution in [1.29, 1.82) is 0 Å². The summed E-state index contributed by atoms with van der Waals surface area (Å²) in [6, 6.07) is 8.35. The highest BCUT2D eigenvalue weighted by atomic mass is 19.3. The average molecular weight is 583 g/mol. The van der Waals surface area contributed by atoms with Crippen LogP contribution in [0.3, 0.4) is 0 Å². The van der Waals surface area contributed by atoms with Crippen LogP contribution in [0.25, 0.3) is 16.6 Å². The smallest absolute Gasteiger partial charge is 0.281 e. The third kappa shape index (κ3) is 4.97. The zero-order valence-electron chi connectivity index (χ0n) is 23.2. The summed E-state index contributed by atoms with van der Waals surface area (Å²) in [5.74, 6) is 1.53. The molecule has 1 aliphatic heterocycles. The van der Waals surface area contributed by atoms with E-state index in [4.69, 9.17) is 29.3 Å². The van der Waals surface area contributed by atoms with Gasteiger partial charge in [0.05, 0.1) is 38.7 Å². The van der Waals surface area contributed by atoms with Gasteiger partial charge in [-0.25, -0.2) is 23.1 Å². The van der Waals surface area contributed by atoms with Gasteiger partial charge in [0.2, 0.25) is 5.95 Å². The van der Waals surface area contributed by atoms with Crippen molar-refractivity contribution in [3.63, 3.8) is 0 Å². The van der Waals surface area contributed by atoms with Crippen molar-refractivity contribution in [3.8, 4) is 17.2 Å². The number of anilines is 2. The van der Waals surface area contributed by atoms with Crippen LogP contribution < -0.4 is 24.4 Å². The van der Waals surface area contributed by atoms with Crippen LogP contribution in [-0.4, -0.2) is 64.2 Å². The summed E-state index contributed by atoms with van der Waals surface area (Å²) < 4.78 is 59.5. The highest BCUT2D eigenvalue weighted by Crippen LogP contribution is 2.35. The molecule has 4 heterocycles. The van der Waals surface area contributed by atoms with E-state index in [9.17, 15) is 13.2 Å². The average Bonchev–Trinajstić information content (AvgIpc) is 3.69. The molecule has 11 nitrogen and oxygen atoms in total. The zero-order valence-corrected chi connectivity index (χ0v) is 23.2. The van der Waals surface area contributed by atoms with Gasteiger partial charge in [-0.2, -0.15) is 9.61 Å². The van der Waals surface area contributed by atoms with E-state index in [0.29, 0.717) is 65.1 Å². The number of nitrogens with one attached hydrogen (secondary N) is 2. The van der Waals surface area contributed by atoms with Crippen LogP contribution in [0.5, 0.6) is 17.2 Å². The first-order valence-corrected chi connectivity index (χ1v) is 13.3. The highest BCUT2D eigenvalue weighted by molar-refractivity contribution is 5.93. The predicted octanol–water partition coefficient (Wildman–Crippen LogP) is 5.10. The molecule has 1 saturated heterocycles. The maximum absolute atomic E-state index is 14.8. The first-order chi connectivity index (χ1) is 20.4. The van der Waals surface area contributed by atoms with Gasteiger partial charge >= 0.3 is 0 Å². The number of hydrogen-bond donors (Lipinski definition) is 2. The predicted molar refractivity (Wildman–Crippen MR) is 149 cm³/mol. The van der Waals surface area contributed by atoms with Gasteiger partial charge in [-0.1, -0.05) is 0 Å². The number of ether oxygens (including phenoxy) is 3. The second kappa shape index (κ2) is 11.3. The number of nitrogens with zero attached hydrogens (tertiary/aromatic N) is 6. The summed E-state index contributed by atoms with van der Waals surface area (Å²) in [5, 5.41) is 14.8. The Morgan fingerprint density at radius 2 is 1.90 bits per heavy atom. The summed E-state index contributed by atoms with van der Waals surface area (Å²) in [7, 11) is 4.55. The van der Waals surface area contributed by atoms with E-state index in [1.807, 2.05) is 17.0 Å². The quantitative estimate of drug-likeness (QED) is 0.245. The summed E-state index contributed by atoms with van der Waals surface area (Å²) in [6.45, 7) is 1.37. The van der Waals surface area contributed by atoms with Crippen LogP contribution in [0.15, 0.2) is 36.5 Å². The standard InChI is InChI=1S/C28H29F3N8O3/c1-40-17-7-6-15(22(9-17)41-2)12-32-28-34-20-11-23(42-3)19(29)10-18(20)27-35-26(37-39(27)28)16-5-4-8-38(14-16)21-13-33-36-24(21)25(30)31/h6-7,9-11,13,16,25H,4-5,8,12,14H2,1-3H3,(H,32,34)(H,33,36)/t16-/m1/s1. The van der Waals surface area contributed by atoms with Gasteiger partial charge in [-0.3, -0.25) is 5.10 Å². The second-order valence-electron chi connectivity index (χ2n) is 9.93. The molecule has 0 unspecified atom stereocenters. The number of halogens is 3. The van der Waals surface area contributed by atoms with Crippen molar-refractivity contribution >= 4 is 28.2 Å². The molecule has 5 aromatic rings. The molecule has 220 valence electrons. The van der Waals surface area contributed by atoms with Crippen molar-refractivity contribution in [2.24, 2.45) is 0 Å². The van der Waals surface area contributed by atoms with Crippen LogP contribution in [0, 0.1) is 5.82 Å². The van der Waals surface area contributed by atoms with Crippen LogP contribution in [0.2, 0.25) is 0 Å². The molecule has 42 heavy (non-hydrogen) atoms. The fraction of sp³-hybridized carbons (Fsp3) is 0.357. The summed E-state index contributed by atoms with van der Waals surface area (Å²) in [4.78, 5) is 11.4. The molecule has 2 aromatic carbocycles. The van der Waals surface area contributed by atoms with Gasteiger partial charge in [0, 0.05) is 48.6 Å². The molecular weight excluding hydrogens is 553 g/mol. The van der Waals surface area contributed by atoms with Crippen LogP contribution in [-0.2, 0) is 6.54 Å². The first-order valence-electron chi connectivity index (χ1n) is 13.3. The number of methoxy groups -OCH3 is 3. The van der Waals surface area contributed by atoms with Crippen LogP contribution in [0.4, 0.5) is 24.8 Å². The Balaban J connectivity index is 1.39. The Kier molecular flexibility index (Phi) is 7.35. The summed E-state index contributed by atoms with van der Waals surface area (Å²) in [6.07, 6.45) is 0.262. The van der Waals surface area contributed by atoms with Gasteiger partial charge in [-0.05, 0) is 31.0 Å². The lowest BCUT2D eigenvalue weighted by molar-refractivity contribution is 0.146. The number of aromatic amines is 1. The van der Waals surface area contributed by atoms with Gasteiger partial charge in [0.25, 0.3) is 6.43 Å². The van der Waals surface area contributed by atoms with E-state index in [1.54, 1.807) is 24.8 Å². The number of rotatable bonds is 9. The van der Waals surface area contributed by atoms with E-state index in [1.165, 1.54) is 25.4 Å². The molecule has 0 radical (unpaired) electrons. The fourth-order valence-electron chi connectivity index (χ4n) is 5.35. The Morgan fingerprint density at radius 1 is 1.07 bits per heavy atom. The van der Waals surface area contributed by atoms with E-state index in [2.05, 4.69) is 15.5 Å². The second-order valence-corrected chi connectivity index (χ2v) is 9.93. The third-order valence-corrected chi connectivity index (χ3v) is 7.49. The molecule has 0 aliphatic carbocycles. The largest absolute Gasteiger partial charge is 0.497 e. The fourth-order valence-corrected chi connectivity index (χ4v) is 5.35. The molecule has 0 bridgehead atoms. The Hall–Kier alpha value is -4.75. The maximum atomic E-state index is 14.8. The van der Waals surface area contributed by atoms with Gasteiger partial charge in [0.1, 0.15) is 17.2 Å². The number of hydrogen-bond acceptors (Lipinski definition) is 9. The first kappa shape index (κ1) is 27.4. The Labute approximate surface area is 238 Å². The van der Waals surface area contributed by atoms with Gasteiger partial charge in [0.15, 0.2) is 23.0 Å². The monoisotopic (exact) mass is 582 g/mol. The van der Waals surface area contributed by atoms with E-state index in [0.717, 1.165) is 18.4 Å². The minimum atomic E-state index is -2.67. The lowest BCUT2D eigenvalue weighted by atomic mass is 9.97. The number of fused-ring (bicyclic) bond motifs is 3. The lowest BCUT2D eigenvalue weighted by Gasteiger charge is -2.32. The van der Waals surface area contributed by atoms with Crippen molar-refractivity contribution in [3.05, 3.63) is 59.4 Å². The molecule has 6 rings (SSSR count). The van der Waals surface area contributed by atoms with Crippen molar-refractivity contribution < 1.29 is 27.4 Å². The number of benzene rings is 2. The van der Waals surface area contributed by atoms with E-state index in [-0.39, 0.29) is 17.4 Å². The molecule has 14 heteroatoms. The normalized spacial score (nSPS) is 15.5. The Morgan fingerprint density at radius 3 is 2.67 bits per heavy atom. The number of aromatic nitrogens is 6. The number of alkyl halides is 2. The zero-order chi connectivity index (χ0) is 29.4. The van der Waals surface area contributed by atoms with Gasteiger partial charge in [-0.15, -0.1) is 5.10 Å². The summed E-state index contributed by atoms with van der Waals surface area (Å²) in [5.41, 5.74) is 1.89. The number of piperidine rings is 1. The Bertz CT molecular complexity index is 1740. The molecule has 3 aromatic heterocycles. The van der Waals surface area contributed by atoms with Crippen LogP contribution in [0.1, 0.15) is 42.3 Å². The van der Waals surface area contributed by atoms with Gasteiger partial charge < -0.3 is 24.4 Å².